The molecular formula is C16H27BN2O2. The summed E-state index contributed by atoms with van der Waals surface area (Å²) >= 11 is 0. The number of rotatable bonds is 3. The summed E-state index contributed by atoms with van der Waals surface area (Å²) in [6.07, 6.45) is 9.15. The SMILES string of the molecule is CCC1CCCC1n1cc(B2OC(C)(C)C(C)(C)O2)cn1. The molecule has 4 nitrogen and oxygen atoms in total. The number of nitrogens with zero attached hydrogens (tertiary/aromatic N) is 2. The Morgan fingerprint density at radius 1 is 1.24 bits per heavy atom. The maximum atomic E-state index is 6.10. The lowest BCUT2D eigenvalue weighted by molar-refractivity contribution is 0.00578. The lowest BCUT2D eigenvalue weighted by atomic mass is 9.82. The van der Waals surface area contributed by atoms with Crippen molar-refractivity contribution in [3.8, 4) is 0 Å². The Kier molecular flexibility index (Phi) is 3.69. The zero-order chi connectivity index (χ0) is 15.3. The molecule has 1 aromatic rings. The number of aromatic nitrogens is 2. The van der Waals surface area contributed by atoms with Gasteiger partial charge in [0.15, 0.2) is 0 Å². The molecule has 0 spiro atoms. The first-order chi connectivity index (χ1) is 9.84. The van der Waals surface area contributed by atoms with Gasteiger partial charge < -0.3 is 9.31 Å². The molecule has 1 saturated heterocycles. The summed E-state index contributed by atoms with van der Waals surface area (Å²) in [5.41, 5.74) is 0.452. The Labute approximate surface area is 128 Å². The standard InChI is InChI=1S/C16H27BN2O2/c1-6-12-8-7-9-14(12)19-11-13(10-18-19)17-20-15(2,3)16(4,5)21-17/h10-12,14H,6-9H2,1-5H3. The molecule has 1 aliphatic carbocycles. The minimum absolute atomic E-state index is 0.293. The molecule has 1 aromatic heterocycles. The maximum Gasteiger partial charge on any atom is 0.498 e. The minimum atomic E-state index is -0.301. The van der Waals surface area contributed by atoms with Crippen molar-refractivity contribution in [3.63, 3.8) is 0 Å². The fourth-order valence-electron chi connectivity index (χ4n) is 3.48. The quantitative estimate of drug-likeness (QED) is 0.803. The molecule has 1 saturated carbocycles. The molecule has 0 bridgehead atoms. The normalized spacial score (nSPS) is 31.0. The summed E-state index contributed by atoms with van der Waals surface area (Å²) in [6.45, 7) is 10.6. The van der Waals surface area contributed by atoms with E-state index in [9.17, 15) is 0 Å². The largest absolute Gasteiger partial charge is 0.498 e. The van der Waals surface area contributed by atoms with Crippen molar-refractivity contribution in [3.05, 3.63) is 12.4 Å². The third kappa shape index (κ3) is 2.55. The summed E-state index contributed by atoms with van der Waals surface area (Å²) < 4.78 is 14.3. The van der Waals surface area contributed by atoms with Crippen molar-refractivity contribution >= 4 is 12.6 Å². The van der Waals surface area contributed by atoms with Crippen LogP contribution in [-0.4, -0.2) is 28.1 Å². The highest BCUT2D eigenvalue weighted by Crippen LogP contribution is 2.38. The van der Waals surface area contributed by atoms with Crippen LogP contribution in [-0.2, 0) is 9.31 Å². The number of hydrogen-bond donors (Lipinski definition) is 0. The molecule has 0 aromatic carbocycles. The Bertz CT molecular complexity index is 496. The monoisotopic (exact) mass is 290 g/mol. The van der Waals surface area contributed by atoms with Gasteiger partial charge in [-0.25, -0.2) is 0 Å². The van der Waals surface area contributed by atoms with Crippen molar-refractivity contribution < 1.29 is 9.31 Å². The van der Waals surface area contributed by atoms with Gasteiger partial charge in [-0.2, -0.15) is 5.10 Å². The third-order valence-corrected chi connectivity index (χ3v) is 5.63. The Morgan fingerprint density at radius 2 is 1.90 bits per heavy atom. The first-order valence-electron chi connectivity index (χ1n) is 8.24. The summed E-state index contributed by atoms with van der Waals surface area (Å²) in [7, 11) is -0.301. The summed E-state index contributed by atoms with van der Waals surface area (Å²) in [6, 6.07) is 0.547. The highest BCUT2D eigenvalue weighted by Gasteiger charge is 2.52. The average molecular weight is 290 g/mol. The summed E-state index contributed by atoms with van der Waals surface area (Å²) in [5.74, 6) is 0.760. The molecule has 0 N–H and O–H groups in total. The van der Waals surface area contributed by atoms with E-state index in [1.807, 2.05) is 6.20 Å². The zero-order valence-corrected chi connectivity index (χ0v) is 13.9. The number of hydrogen-bond acceptors (Lipinski definition) is 3. The zero-order valence-electron chi connectivity index (χ0n) is 13.9. The van der Waals surface area contributed by atoms with Crippen molar-refractivity contribution in [1.29, 1.82) is 0 Å². The van der Waals surface area contributed by atoms with E-state index in [4.69, 9.17) is 9.31 Å². The molecule has 2 aliphatic rings. The molecule has 2 unspecified atom stereocenters. The van der Waals surface area contributed by atoms with Crippen LogP contribution in [0.2, 0.25) is 0 Å². The van der Waals surface area contributed by atoms with Crippen LogP contribution in [0.5, 0.6) is 0 Å². The second-order valence-corrected chi connectivity index (χ2v) is 7.51. The van der Waals surface area contributed by atoms with Crippen LogP contribution < -0.4 is 5.46 Å². The highest BCUT2D eigenvalue weighted by atomic mass is 16.7. The van der Waals surface area contributed by atoms with Gasteiger partial charge in [-0.15, -0.1) is 0 Å². The van der Waals surface area contributed by atoms with E-state index in [-0.39, 0.29) is 18.3 Å². The van der Waals surface area contributed by atoms with Gasteiger partial charge in [0, 0.05) is 17.9 Å². The molecule has 21 heavy (non-hydrogen) atoms. The summed E-state index contributed by atoms with van der Waals surface area (Å²) in [4.78, 5) is 0. The molecule has 0 radical (unpaired) electrons. The third-order valence-electron chi connectivity index (χ3n) is 5.63. The molecule has 2 atom stereocenters. The van der Waals surface area contributed by atoms with Crippen LogP contribution >= 0.6 is 0 Å². The van der Waals surface area contributed by atoms with Gasteiger partial charge in [-0.1, -0.05) is 19.8 Å². The molecule has 5 heteroatoms. The van der Waals surface area contributed by atoms with Gasteiger partial charge in [0.05, 0.1) is 17.2 Å². The Hall–Kier alpha value is -0.805. The highest BCUT2D eigenvalue weighted by molar-refractivity contribution is 6.61. The van der Waals surface area contributed by atoms with E-state index >= 15 is 0 Å². The first kappa shape index (κ1) is 15.1. The predicted molar refractivity (Wildman–Crippen MR) is 84.6 cm³/mol. The second-order valence-electron chi connectivity index (χ2n) is 7.51. The Morgan fingerprint density at radius 3 is 2.52 bits per heavy atom. The van der Waals surface area contributed by atoms with Crippen molar-refractivity contribution in [2.75, 3.05) is 0 Å². The van der Waals surface area contributed by atoms with Gasteiger partial charge in [-0.05, 0) is 46.5 Å². The van der Waals surface area contributed by atoms with E-state index in [2.05, 4.69) is 50.6 Å². The van der Waals surface area contributed by atoms with Crippen LogP contribution in [0.1, 0.15) is 66.3 Å². The van der Waals surface area contributed by atoms with Crippen LogP contribution in [0.3, 0.4) is 0 Å². The van der Waals surface area contributed by atoms with E-state index in [1.54, 1.807) is 0 Å². The van der Waals surface area contributed by atoms with Gasteiger partial charge in [-0.3, -0.25) is 4.68 Å². The van der Waals surface area contributed by atoms with Gasteiger partial charge in [0.2, 0.25) is 0 Å². The molecule has 2 fully saturated rings. The Balaban J connectivity index is 1.77. The molecule has 3 rings (SSSR count). The lowest BCUT2D eigenvalue weighted by Gasteiger charge is -2.32. The molecule has 2 heterocycles. The summed E-state index contributed by atoms with van der Waals surface area (Å²) in [5, 5.41) is 4.59. The van der Waals surface area contributed by atoms with Gasteiger partial charge in [0.25, 0.3) is 0 Å². The topological polar surface area (TPSA) is 36.3 Å². The van der Waals surface area contributed by atoms with Crippen LogP contribution in [0.15, 0.2) is 12.4 Å². The minimum Gasteiger partial charge on any atom is -0.399 e. The fourth-order valence-corrected chi connectivity index (χ4v) is 3.48. The maximum absolute atomic E-state index is 6.10. The average Bonchev–Trinajstić information content (AvgIpc) is 3.08. The van der Waals surface area contributed by atoms with Crippen LogP contribution in [0.4, 0.5) is 0 Å². The van der Waals surface area contributed by atoms with Crippen molar-refractivity contribution in [1.82, 2.24) is 9.78 Å². The van der Waals surface area contributed by atoms with E-state index < -0.39 is 0 Å². The molecule has 0 amide bonds. The fraction of sp³-hybridized carbons (Fsp3) is 0.812. The molecule has 1 aliphatic heterocycles. The van der Waals surface area contributed by atoms with E-state index in [0.29, 0.717) is 6.04 Å². The van der Waals surface area contributed by atoms with Crippen molar-refractivity contribution in [2.45, 2.75) is 77.5 Å². The molecular weight excluding hydrogens is 263 g/mol. The molecule has 116 valence electrons. The lowest BCUT2D eigenvalue weighted by Crippen LogP contribution is -2.41. The first-order valence-corrected chi connectivity index (χ1v) is 8.24. The van der Waals surface area contributed by atoms with Crippen molar-refractivity contribution in [2.24, 2.45) is 5.92 Å². The van der Waals surface area contributed by atoms with Gasteiger partial charge >= 0.3 is 7.12 Å². The predicted octanol–water partition coefficient (Wildman–Crippen LogP) is 2.93. The van der Waals surface area contributed by atoms with Gasteiger partial charge in [0.1, 0.15) is 0 Å². The van der Waals surface area contributed by atoms with Crippen LogP contribution in [0.25, 0.3) is 0 Å². The smallest absolute Gasteiger partial charge is 0.399 e. The van der Waals surface area contributed by atoms with E-state index in [0.717, 1.165) is 11.4 Å². The second kappa shape index (κ2) is 5.13. The van der Waals surface area contributed by atoms with Crippen LogP contribution in [0, 0.1) is 5.92 Å². The van der Waals surface area contributed by atoms with E-state index in [1.165, 1.54) is 25.7 Å².